The number of aryl methyl sites for hydroxylation is 2. The number of hydrogen-bond acceptors (Lipinski definition) is 3. The Morgan fingerprint density at radius 1 is 1.30 bits per heavy atom. The molecule has 0 saturated carbocycles. The molecule has 1 aliphatic rings. The van der Waals surface area contributed by atoms with Crippen LogP contribution in [-0.4, -0.2) is 33.6 Å². The van der Waals surface area contributed by atoms with Crippen molar-refractivity contribution in [2.45, 2.75) is 25.7 Å². The quantitative estimate of drug-likeness (QED) is 0.892. The first kappa shape index (κ1) is 19.0. The van der Waals surface area contributed by atoms with Gasteiger partial charge in [-0.15, -0.1) is 0 Å². The molecule has 0 aliphatic carbocycles. The highest BCUT2D eigenvalue weighted by Crippen LogP contribution is 2.23. The molecule has 2 aromatic rings. The number of likely N-dealkylation sites (tertiary alicyclic amines) is 1. The van der Waals surface area contributed by atoms with E-state index >= 15 is 0 Å². The maximum atomic E-state index is 13.7. The Hall–Kier alpha value is -2.77. The lowest BCUT2D eigenvalue weighted by Gasteiger charge is -2.32. The molecule has 1 aliphatic heterocycles. The van der Waals surface area contributed by atoms with Gasteiger partial charge < -0.3 is 9.47 Å². The summed E-state index contributed by atoms with van der Waals surface area (Å²) in [5.41, 5.74) is 0.157. The number of carbonyl (C=O) groups excluding carboxylic acids is 1. The summed E-state index contributed by atoms with van der Waals surface area (Å²) in [6.45, 7) is 1.13. The Balaban J connectivity index is 1.49. The summed E-state index contributed by atoms with van der Waals surface area (Å²) in [6.07, 6.45) is 5.92. The molecule has 0 unspecified atom stereocenters. The fourth-order valence-corrected chi connectivity index (χ4v) is 3.27. The number of anilines is 1. The predicted molar refractivity (Wildman–Crippen MR) is 97.5 cm³/mol. The van der Waals surface area contributed by atoms with E-state index in [1.807, 2.05) is 0 Å². The molecule has 0 spiro atoms. The molecule has 0 radical (unpaired) electrons. The molecule has 8 heteroatoms. The lowest BCUT2D eigenvalue weighted by Crippen LogP contribution is -2.42. The van der Waals surface area contributed by atoms with Crippen LogP contribution < -0.4 is 10.9 Å². The van der Waals surface area contributed by atoms with Gasteiger partial charge in [-0.05, 0) is 43.2 Å². The van der Waals surface area contributed by atoms with E-state index < -0.39 is 11.6 Å². The Bertz CT molecular complexity index is 876. The third-order valence-corrected chi connectivity index (χ3v) is 4.98. The summed E-state index contributed by atoms with van der Waals surface area (Å²) >= 11 is 0. The van der Waals surface area contributed by atoms with Crippen LogP contribution in [0.2, 0.25) is 0 Å². The van der Waals surface area contributed by atoms with Crippen LogP contribution in [0.5, 0.6) is 0 Å². The number of aromatic nitrogens is 2. The van der Waals surface area contributed by atoms with Gasteiger partial charge in [0.1, 0.15) is 11.6 Å². The third-order valence-electron chi connectivity index (χ3n) is 4.98. The Morgan fingerprint density at radius 2 is 2.04 bits per heavy atom. The second-order valence-corrected chi connectivity index (χ2v) is 6.83. The van der Waals surface area contributed by atoms with Crippen molar-refractivity contribution >= 4 is 11.8 Å². The summed E-state index contributed by atoms with van der Waals surface area (Å²) in [7, 11) is 1.59. The van der Waals surface area contributed by atoms with Crippen LogP contribution >= 0.6 is 0 Å². The Morgan fingerprint density at radius 3 is 2.74 bits per heavy atom. The number of piperidine rings is 1. The highest BCUT2D eigenvalue weighted by molar-refractivity contribution is 5.88. The molecule has 1 aromatic carbocycles. The molecule has 1 aromatic heterocycles. The molecule has 1 N–H and O–H groups in total. The van der Waals surface area contributed by atoms with Gasteiger partial charge in [-0.1, -0.05) is 6.07 Å². The topological polar surface area (TPSA) is 67.2 Å². The van der Waals surface area contributed by atoms with E-state index in [1.54, 1.807) is 11.9 Å². The monoisotopic (exact) mass is 376 g/mol. The van der Waals surface area contributed by atoms with E-state index in [9.17, 15) is 18.4 Å². The Kier molecular flexibility index (Phi) is 5.83. The molecule has 27 heavy (non-hydrogen) atoms. The van der Waals surface area contributed by atoms with Crippen LogP contribution in [0.4, 0.5) is 19.4 Å². The molecular formula is C19H22F2N4O2. The van der Waals surface area contributed by atoms with Crippen molar-refractivity contribution in [1.29, 1.82) is 0 Å². The minimum atomic E-state index is -0.571. The predicted octanol–water partition coefficient (Wildman–Crippen LogP) is 2.94. The van der Waals surface area contributed by atoms with Gasteiger partial charge in [0.25, 0.3) is 5.56 Å². The number of rotatable bonds is 4. The van der Waals surface area contributed by atoms with Crippen molar-refractivity contribution in [3.05, 3.63) is 58.1 Å². The van der Waals surface area contributed by atoms with Crippen molar-refractivity contribution in [3.8, 4) is 0 Å². The third kappa shape index (κ3) is 4.69. The summed E-state index contributed by atoms with van der Waals surface area (Å²) in [5, 5.41) is 2.56. The molecule has 2 amide bonds. The first-order chi connectivity index (χ1) is 12.9. The lowest BCUT2D eigenvalue weighted by atomic mass is 9.90. The summed E-state index contributed by atoms with van der Waals surface area (Å²) in [6, 6.07) is 3.33. The van der Waals surface area contributed by atoms with E-state index in [4.69, 9.17) is 0 Å². The van der Waals surface area contributed by atoms with Crippen molar-refractivity contribution in [3.63, 3.8) is 0 Å². The van der Waals surface area contributed by atoms with Gasteiger partial charge >= 0.3 is 6.03 Å². The second kappa shape index (κ2) is 8.28. The van der Waals surface area contributed by atoms with Crippen LogP contribution in [0.15, 0.2) is 35.4 Å². The minimum absolute atomic E-state index is 0.0129. The van der Waals surface area contributed by atoms with Crippen LogP contribution in [0.25, 0.3) is 0 Å². The van der Waals surface area contributed by atoms with Gasteiger partial charge in [-0.25, -0.2) is 18.6 Å². The minimum Gasteiger partial charge on any atom is -0.324 e. The molecule has 2 heterocycles. The number of urea groups is 1. The molecule has 0 bridgehead atoms. The number of amides is 2. The number of hydrogen-bond donors (Lipinski definition) is 1. The van der Waals surface area contributed by atoms with Gasteiger partial charge in [0, 0.05) is 38.6 Å². The summed E-state index contributed by atoms with van der Waals surface area (Å²) in [5.74, 6) is -0.692. The van der Waals surface area contributed by atoms with Gasteiger partial charge in [0.2, 0.25) is 5.82 Å². The fraction of sp³-hybridized carbons (Fsp3) is 0.421. The highest BCUT2D eigenvalue weighted by atomic mass is 19.1. The van der Waals surface area contributed by atoms with Crippen LogP contribution in [0.3, 0.4) is 0 Å². The zero-order chi connectivity index (χ0) is 19.4. The first-order valence-corrected chi connectivity index (χ1v) is 8.95. The first-order valence-electron chi connectivity index (χ1n) is 8.95. The fourth-order valence-electron chi connectivity index (χ4n) is 3.27. The normalized spacial score (nSPS) is 15.0. The van der Waals surface area contributed by atoms with Crippen molar-refractivity contribution in [1.82, 2.24) is 14.5 Å². The number of benzene rings is 1. The van der Waals surface area contributed by atoms with Crippen molar-refractivity contribution in [2.24, 2.45) is 13.0 Å². The van der Waals surface area contributed by atoms with E-state index in [-0.39, 0.29) is 17.4 Å². The average molecular weight is 376 g/mol. The number of halogens is 2. The van der Waals surface area contributed by atoms with Crippen molar-refractivity contribution < 1.29 is 13.6 Å². The highest BCUT2D eigenvalue weighted by Gasteiger charge is 2.23. The zero-order valence-electron chi connectivity index (χ0n) is 15.1. The number of nitrogens with one attached hydrogen (secondary N) is 1. The molecule has 3 rings (SSSR count). The number of nitrogens with zero attached hydrogens (tertiary/aromatic N) is 3. The van der Waals surface area contributed by atoms with Crippen LogP contribution in [0, 0.1) is 17.6 Å². The summed E-state index contributed by atoms with van der Waals surface area (Å²) in [4.78, 5) is 29.8. The maximum Gasteiger partial charge on any atom is 0.323 e. The zero-order valence-corrected chi connectivity index (χ0v) is 15.1. The van der Waals surface area contributed by atoms with Gasteiger partial charge in [-0.3, -0.25) is 10.1 Å². The SMILES string of the molecule is Cn1ccnc(NC(=O)N2CCC(CCc3ccc(F)cc3F)CC2)c1=O. The van der Waals surface area contributed by atoms with Gasteiger partial charge in [0.05, 0.1) is 0 Å². The van der Waals surface area contributed by atoms with Gasteiger partial charge in [-0.2, -0.15) is 0 Å². The van der Waals surface area contributed by atoms with E-state index in [1.165, 1.54) is 29.1 Å². The molecule has 144 valence electrons. The molecule has 6 nitrogen and oxygen atoms in total. The van der Waals surface area contributed by atoms with E-state index in [0.29, 0.717) is 31.0 Å². The van der Waals surface area contributed by atoms with Gasteiger partial charge in [0.15, 0.2) is 0 Å². The summed E-state index contributed by atoms with van der Waals surface area (Å²) < 4.78 is 28.0. The van der Waals surface area contributed by atoms with E-state index in [2.05, 4.69) is 10.3 Å². The lowest BCUT2D eigenvalue weighted by molar-refractivity contribution is 0.180. The molecule has 1 fully saturated rings. The molecular weight excluding hydrogens is 354 g/mol. The second-order valence-electron chi connectivity index (χ2n) is 6.83. The average Bonchev–Trinajstić information content (AvgIpc) is 2.65. The van der Waals surface area contributed by atoms with Crippen LogP contribution in [-0.2, 0) is 13.5 Å². The standard InChI is InChI=1S/C19H22F2N4O2/c1-24-11-8-22-17(18(24)26)23-19(27)25-9-6-13(7-10-25)2-3-14-4-5-15(20)12-16(14)21/h4-5,8,11-13H,2-3,6-7,9-10H2,1H3,(H,22,23,27). The molecule has 1 saturated heterocycles. The number of carbonyl (C=O) groups is 1. The Labute approximate surface area is 155 Å². The van der Waals surface area contributed by atoms with Crippen LogP contribution in [0.1, 0.15) is 24.8 Å². The largest absolute Gasteiger partial charge is 0.324 e. The van der Waals surface area contributed by atoms with E-state index in [0.717, 1.165) is 25.3 Å². The smallest absolute Gasteiger partial charge is 0.323 e. The molecule has 0 atom stereocenters. The van der Waals surface area contributed by atoms with Crippen molar-refractivity contribution in [2.75, 3.05) is 18.4 Å². The maximum absolute atomic E-state index is 13.7.